The van der Waals surface area contributed by atoms with E-state index in [-0.39, 0.29) is 36.6 Å². The van der Waals surface area contributed by atoms with Crippen molar-refractivity contribution in [2.24, 2.45) is 0 Å². The number of benzene rings is 2. The van der Waals surface area contributed by atoms with Crippen LogP contribution in [0.1, 0.15) is 24.0 Å². The fourth-order valence-corrected chi connectivity index (χ4v) is 4.10. The van der Waals surface area contributed by atoms with Gasteiger partial charge < -0.3 is 33.9 Å². The van der Waals surface area contributed by atoms with E-state index in [4.69, 9.17) is 23.7 Å². The summed E-state index contributed by atoms with van der Waals surface area (Å²) in [6.45, 7) is 4.16. The maximum absolute atomic E-state index is 14.7. The van der Waals surface area contributed by atoms with Gasteiger partial charge in [0.05, 0.1) is 46.4 Å². The van der Waals surface area contributed by atoms with Crippen LogP contribution < -0.4 is 24.3 Å². The van der Waals surface area contributed by atoms with E-state index in [1.165, 1.54) is 44.8 Å². The minimum atomic E-state index is -0.560. The number of morpholine rings is 1. The van der Waals surface area contributed by atoms with Crippen LogP contribution in [-0.2, 0) is 16.1 Å². The highest BCUT2D eigenvalue weighted by molar-refractivity contribution is 5.76. The molecular weight excluding hydrogens is 526 g/mol. The van der Waals surface area contributed by atoms with Crippen LogP contribution in [0.25, 0.3) is 0 Å². The highest BCUT2D eigenvalue weighted by Gasteiger charge is 2.18. The molecule has 214 valence electrons. The number of nitrogens with one attached hydrogen (secondary N) is 1. The molecule has 4 rings (SSSR count). The first kappa shape index (κ1) is 28.8. The molecule has 3 aromatic rings. The molecule has 40 heavy (non-hydrogen) atoms. The first-order valence-corrected chi connectivity index (χ1v) is 12.8. The van der Waals surface area contributed by atoms with Gasteiger partial charge in [0.25, 0.3) is 0 Å². The average molecular weight is 559 g/mol. The van der Waals surface area contributed by atoms with Crippen LogP contribution in [-0.4, -0.2) is 67.9 Å². The normalized spacial score (nSPS) is 13.1. The third-order valence-electron chi connectivity index (χ3n) is 6.36. The van der Waals surface area contributed by atoms with Crippen LogP contribution in [0.4, 0.5) is 20.4 Å². The molecule has 2 heterocycles. The van der Waals surface area contributed by atoms with Gasteiger partial charge >= 0.3 is 0 Å². The molecule has 0 radical (unpaired) electrons. The van der Waals surface area contributed by atoms with Gasteiger partial charge in [0, 0.05) is 48.5 Å². The van der Waals surface area contributed by atoms with E-state index in [1.807, 2.05) is 0 Å². The average Bonchev–Trinajstić information content (AvgIpc) is 2.97. The number of carbonyl (C=O) groups is 1. The topological polar surface area (TPSA) is 104 Å². The van der Waals surface area contributed by atoms with Crippen molar-refractivity contribution in [2.75, 3.05) is 52.4 Å². The number of anilines is 2. The fourth-order valence-electron chi connectivity index (χ4n) is 4.10. The Morgan fingerprint density at radius 1 is 1.02 bits per heavy atom. The maximum Gasteiger partial charge on any atom is 0.227 e. The molecule has 1 aliphatic rings. The van der Waals surface area contributed by atoms with Crippen LogP contribution in [0.15, 0.2) is 36.7 Å². The zero-order valence-electron chi connectivity index (χ0n) is 22.7. The van der Waals surface area contributed by atoms with Crippen molar-refractivity contribution in [3.63, 3.8) is 0 Å². The van der Waals surface area contributed by atoms with Gasteiger partial charge in [-0.25, -0.2) is 18.7 Å². The Kier molecular flexibility index (Phi) is 9.90. The summed E-state index contributed by atoms with van der Waals surface area (Å²) in [5, 5.41) is 2.91. The summed E-state index contributed by atoms with van der Waals surface area (Å²) in [5.41, 5.74) is 1.30. The zero-order valence-corrected chi connectivity index (χ0v) is 22.7. The summed E-state index contributed by atoms with van der Waals surface area (Å²) in [6, 6.07) is 5.88. The van der Waals surface area contributed by atoms with Gasteiger partial charge in [0.2, 0.25) is 11.9 Å². The smallest absolute Gasteiger partial charge is 0.227 e. The van der Waals surface area contributed by atoms with E-state index in [9.17, 15) is 13.6 Å². The Hall–Kier alpha value is -4.19. The number of nitrogens with zero attached hydrogens (tertiary/aromatic N) is 3. The van der Waals surface area contributed by atoms with Crippen LogP contribution in [0.3, 0.4) is 0 Å². The minimum absolute atomic E-state index is 0.0474. The lowest BCUT2D eigenvalue weighted by Gasteiger charge is -2.26. The molecule has 1 N–H and O–H groups in total. The predicted octanol–water partition coefficient (Wildman–Crippen LogP) is 4.42. The lowest BCUT2D eigenvalue weighted by atomic mass is 10.1. The summed E-state index contributed by atoms with van der Waals surface area (Å²) < 4.78 is 56.1. The van der Waals surface area contributed by atoms with Gasteiger partial charge in [-0.3, -0.25) is 4.79 Å². The van der Waals surface area contributed by atoms with Crippen LogP contribution in [0.5, 0.6) is 23.0 Å². The second-order valence-electron chi connectivity index (χ2n) is 8.95. The van der Waals surface area contributed by atoms with Gasteiger partial charge in [-0.2, -0.15) is 0 Å². The van der Waals surface area contributed by atoms with E-state index < -0.39 is 11.6 Å². The molecule has 1 amide bonds. The molecule has 0 bridgehead atoms. The van der Waals surface area contributed by atoms with E-state index >= 15 is 0 Å². The number of aromatic nitrogens is 2. The van der Waals surface area contributed by atoms with E-state index in [1.54, 1.807) is 17.9 Å². The van der Waals surface area contributed by atoms with Crippen molar-refractivity contribution in [1.29, 1.82) is 0 Å². The Morgan fingerprint density at radius 3 is 2.42 bits per heavy atom. The van der Waals surface area contributed by atoms with Crippen LogP contribution in [0.2, 0.25) is 0 Å². The monoisotopic (exact) mass is 558 g/mol. The number of hydrogen-bond donors (Lipinski definition) is 1. The summed E-state index contributed by atoms with van der Waals surface area (Å²) >= 11 is 0. The van der Waals surface area contributed by atoms with Crippen LogP contribution in [0, 0.1) is 18.6 Å². The summed E-state index contributed by atoms with van der Waals surface area (Å²) in [4.78, 5) is 22.3. The number of halogens is 2. The van der Waals surface area contributed by atoms with Gasteiger partial charge in [0.15, 0.2) is 28.9 Å². The highest BCUT2D eigenvalue weighted by Crippen LogP contribution is 2.32. The number of rotatable bonds is 12. The first-order valence-electron chi connectivity index (χ1n) is 12.8. The largest absolute Gasteiger partial charge is 0.496 e. The standard InChI is InChI=1S/C28H32F2N4O6/c1-18-21(27(30)25(37-3)14-24(18)36-2)17-40-20-15-31-28(32-16-20)33-19-6-7-23(22(29)13-19)39-10-4-5-26(35)34-8-11-38-12-9-34/h6-7,13-16H,4-5,8-12,17H2,1-3H3,(H,31,32,33). The SMILES string of the molecule is COc1cc(OC)c(F)c(COc2cnc(Nc3ccc(OCCCC(=O)N4CCOCC4)c(F)c3)nc2)c1C. The minimum Gasteiger partial charge on any atom is -0.496 e. The maximum atomic E-state index is 14.7. The zero-order chi connectivity index (χ0) is 28.5. The van der Waals surface area contributed by atoms with Crippen LogP contribution >= 0.6 is 0 Å². The molecule has 10 nitrogen and oxygen atoms in total. The molecule has 1 fully saturated rings. The van der Waals surface area contributed by atoms with Gasteiger partial charge in [-0.1, -0.05) is 0 Å². The number of ether oxygens (including phenoxy) is 5. The van der Waals surface area contributed by atoms with Crippen molar-refractivity contribution in [1.82, 2.24) is 14.9 Å². The molecular formula is C28H32F2N4O6. The fraction of sp³-hybridized carbons (Fsp3) is 0.393. The molecule has 1 aromatic heterocycles. The molecule has 1 aliphatic heterocycles. The lowest BCUT2D eigenvalue weighted by molar-refractivity contribution is -0.135. The summed E-state index contributed by atoms with van der Waals surface area (Å²) in [7, 11) is 2.87. The van der Waals surface area contributed by atoms with Crippen molar-refractivity contribution in [3.05, 3.63) is 59.4 Å². The van der Waals surface area contributed by atoms with E-state index in [2.05, 4.69) is 15.3 Å². The van der Waals surface area contributed by atoms with Gasteiger partial charge in [-0.15, -0.1) is 0 Å². The van der Waals surface area contributed by atoms with Crippen molar-refractivity contribution in [2.45, 2.75) is 26.4 Å². The van der Waals surface area contributed by atoms with Gasteiger partial charge in [-0.05, 0) is 25.5 Å². The third kappa shape index (κ3) is 7.26. The van der Waals surface area contributed by atoms with Gasteiger partial charge in [0.1, 0.15) is 12.4 Å². The third-order valence-corrected chi connectivity index (χ3v) is 6.36. The van der Waals surface area contributed by atoms with Crippen molar-refractivity contribution in [3.8, 4) is 23.0 Å². The van der Waals surface area contributed by atoms with E-state index in [0.29, 0.717) is 67.5 Å². The molecule has 2 aromatic carbocycles. The predicted molar refractivity (Wildman–Crippen MR) is 142 cm³/mol. The Bertz CT molecular complexity index is 1270. The quantitative estimate of drug-likeness (QED) is 0.324. The number of hydrogen-bond acceptors (Lipinski definition) is 9. The molecule has 12 heteroatoms. The molecule has 0 atom stereocenters. The van der Waals surface area contributed by atoms with E-state index in [0.717, 1.165) is 0 Å². The Balaban J connectivity index is 1.27. The summed E-state index contributed by atoms with van der Waals surface area (Å²) in [6.07, 6.45) is 3.66. The Morgan fingerprint density at radius 2 is 1.75 bits per heavy atom. The van der Waals surface area contributed by atoms with Crippen molar-refractivity contribution >= 4 is 17.5 Å². The van der Waals surface area contributed by atoms with Crippen molar-refractivity contribution < 1.29 is 37.3 Å². The summed E-state index contributed by atoms with van der Waals surface area (Å²) in [5.74, 6) is 0.110. The second-order valence-corrected chi connectivity index (χ2v) is 8.95. The Labute approximate surface area is 231 Å². The number of amides is 1. The molecule has 0 saturated carbocycles. The highest BCUT2D eigenvalue weighted by atomic mass is 19.1. The lowest BCUT2D eigenvalue weighted by Crippen LogP contribution is -2.40. The molecule has 0 aliphatic carbocycles. The number of carbonyl (C=O) groups excluding carboxylic acids is 1. The number of methoxy groups -OCH3 is 2. The second kappa shape index (κ2) is 13.7. The molecule has 1 saturated heterocycles. The molecule has 0 spiro atoms. The first-order chi connectivity index (χ1) is 19.4. The molecule has 0 unspecified atom stereocenters.